The minimum Gasteiger partial charge on any atom is -0.462 e. The second kappa shape index (κ2) is 6.44. The van der Waals surface area contributed by atoms with E-state index in [1.54, 1.807) is 29.5 Å². The van der Waals surface area contributed by atoms with Crippen molar-refractivity contribution in [2.45, 2.75) is 19.2 Å². The maximum Gasteiger partial charge on any atom is 0.340 e. The molecule has 0 aromatic carbocycles. The molecule has 17 heavy (non-hydrogen) atoms. The number of esters is 1. The Morgan fingerprint density at radius 2 is 2.29 bits per heavy atom. The number of rotatable bonds is 4. The molecule has 0 N–H and O–H groups in total. The Bertz CT molecular complexity index is 429. The molecule has 0 atom stereocenters. The molecular formula is C10H9ClF2INO2. The van der Waals surface area contributed by atoms with Gasteiger partial charge in [0.15, 0.2) is 0 Å². The van der Waals surface area contributed by atoms with E-state index in [-0.39, 0.29) is 33.0 Å². The fourth-order valence-electron chi connectivity index (χ4n) is 1.18. The third-order valence-corrected chi connectivity index (χ3v) is 3.06. The summed E-state index contributed by atoms with van der Waals surface area (Å²) in [7, 11) is 0. The van der Waals surface area contributed by atoms with Crippen LogP contribution >= 0.6 is 34.2 Å². The molecule has 1 rings (SSSR count). The molecule has 0 fully saturated rings. The van der Waals surface area contributed by atoms with E-state index in [4.69, 9.17) is 16.3 Å². The number of halogens is 4. The lowest BCUT2D eigenvalue weighted by Crippen LogP contribution is -2.11. The summed E-state index contributed by atoms with van der Waals surface area (Å²) in [6.07, 6.45) is -2.69. The number of carbonyl (C=O) groups is 1. The number of pyridine rings is 1. The molecule has 0 aliphatic rings. The molecule has 1 aromatic heterocycles. The highest BCUT2D eigenvalue weighted by Gasteiger charge is 2.20. The normalized spacial score (nSPS) is 10.7. The molecule has 0 aliphatic carbocycles. The molecular weight excluding hydrogens is 366 g/mol. The Labute approximate surface area is 116 Å². The van der Waals surface area contributed by atoms with Crippen molar-refractivity contribution >= 4 is 40.2 Å². The molecule has 7 heteroatoms. The van der Waals surface area contributed by atoms with E-state index in [0.717, 1.165) is 6.07 Å². The van der Waals surface area contributed by atoms with Crippen molar-refractivity contribution in [1.29, 1.82) is 0 Å². The lowest BCUT2D eigenvalue weighted by Gasteiger charge is -2.10. The number of carbonyl (C=O) groups excluding carboxylic acids is 1. The van der Waals surface area contributed by atoms with Gasteiger partial charge in [0.05, 0.1) is 29.3 Å². The van der Waals surface area contributed by atoms with Crippen molar-refractivity contribution < 1.29 is 18.3 Å². The van der Waals surface area contributed by atoms with Crippen molar-refractivity contribution in [2.24, 2.45) is 0 Å². The van der Waals surface area contributed by atoms with E-state index in [0.29, 0.717) is 0 Å². The van der Waals surface area contributed by atoms with Gasteiger partial charge in [-0.05, 0) is 35.6 Å². The average Bonchev–Trinajstić information content (AvgIpc) is 2.28. The predicted octanol–water partition coefficient (Wildman–Crippen LogP) is 3.54. The van der Waals surface area contributed by atoms with Crippen LogP contribution in [0.25, 0.3) is 0 Å². The van der Waals surface area contributed by atoms with Crippen molar-refractivity contribution in [3.63, 3.8) is 0 Å². The monoisotopic (exact) mass is 375 g/mol. The van der Waals surface area contributed by atoms with E-state index in [2.05, 4.69) is 4.98 Å². The summed E-state index contributed by atoms with van der Waals surface area (Å²) in [5.74, 6) is -0.720. The van der Waals surface area contributed by atoms with Gasteiger partial charge in [0.2, 0.25) is 0 Å². The van der Waals surface area contributed by atoms with Crippen LogP contribution in [-0.2, 0) is 10.6 Å². The van der Waals surface area contributed by atoms with E-state index in [1.165, 1.54) is 0 Å². The first kappa shape index (κ1) is 14.6. The number of aromatic nitrogens is 1. The van der Waals surface area contributed by atoms with Gasteiger partial charge in [-0.2, -0.15) is 0 Å². The van der Waals surface area contributed by atoms with Gasteiger partial charge < -0.3 is 4.74 Å². The molecule has 0 saturated heterocycles. The van der Waals surface area contributed by atoms with Crippen LogP contribution in [0.5, 0.6) is 0 Å². The molecule has 0 amide bonds. The van der Waals surface area contributed by atoms with E-state index in [1.807, 2.05) is 0 Å². The zero-order valence-electron chi connectivity index (χ0n) is 8.84. The summed E-state index contributed by atoms with van der Waals surface area (Å²) >= 11 is 7.30. The predicted molar refractivity (Wildman–Crippen MR) is 67.4 cm³/mol. The van der Waals surface area contributed by atoms with E-state index < -0.39 is 12.4 Å². The van der Waals surface area contributed by atoms with Gasteiger partial charge in [-0.3, -0.25) is 0 Å². The number of nitrogens with zero attached hydrogens (tertiary/aromatic N) is 1. The third kappa shape index (κ3) is 3.48. The molecule has 1 heterocycles. The molecule has 0 bridgehead atoms. The summed E-state index contributed by atoms with van der Waals surface area (Å²) in [6, 6.07) is 1.09. The fourth-order valence-corrected chi connectivity index (χ4v) is 2.07. The van der Waals surface area contributed by atoms with Crippen LogP contribution in [0.2, 0.25) is 0 Å². The van der Waals surface area contributed by atoms with Gasteiger partial charge in [0, 0.05) is 0 Å². The molecule has 94 valence electrons. The number of ether oxygens (including phenoxy) is 1. The summed E-state index contributed by atoms with van der Waals surface area (Å²) in [4.78, 5) is 15.4. The maximum atomic E-state index is 12.7. The second-order valence-electron chi connectivity index (χ2n) is 3.02. The quantitative estimate of drug-likeness (QED) is 0.350. The van der Waals surface area contributed by atoms with Crippen molar-refractivity contribution in [3.05, 3.63) is 26.6 Å². The van der Waals surface area contributed by atoms with E-state index in [9.17, 15) is 13.6 Å². The molecule has 0 unspecified atom stereocenters. The van der Waals surface area contributed by atoms with Crippen molar-refractivity contribution in [1.82, 2.24) is 4.98 Å². The Hall–Kier alpha value is -0.500. The summed E-state index contributed by atoms with van der Waals surface area (Å²) in [5.41, 5.74) is -0.0426. The van der Waals surface area contributed by atoms with Crippen LogP contribution in [0.1, 0.15) is 35.0 Å². The molecule has 3 nitrogen and oxygen atoms in total. The Kier molecular flexibility index (Phi) is 5.51. The van der Waals surface area contributed by atoms with Crippen molar-refractivity contribution in [3.8, 4) is 0 Å². The standard InChI is InChI=1S/C10H9ClF2INO2/c1-2-17-10(16)5-3-6(8(12)13)9(14)15-7(5)4-11/h3,8H,2,4H2,1H3. The second-order valence-corrected chi connectivity index (χ2v) is 4.31. The minimum atomic E-state index is -2.69. The van der Waals surface area contributed by atoms with Gasteiger partial charge in [-0.1, -0.05) is 0 Å². The maximum absolute atomic E-state index is 12.7. The van der Waals surface area contributed by atoms with Gasteiger partial charge in [-0.15, -0.1) is 11.6 Å². The fraction of sp³-hybridized carbons (Fsp3) is 0.400. The highest BCUT2D eigenvalue weighted by Crippen LogP contribution is 2.26. The lowest BCUT2D eigenvalue weighted by atomic mass is 10.1. The van der Waals surface area contributed by atoms with Crippen LogP contribution in [-0.4, -0.2) is 17.6 Å². The van der Waals surface area contributed by atoms with Gasteiger partial charge >= 0.3 is 5.97 Å². The number of hydrogen-bond acceptors (Lipinski definition) is 3. The highest BCUT2D eigenvalue weighted by molar-refractivity contribution is 14.1. The van der Waals surface area contributed by atoms with Crippen LogP contribution in [0.15, 0.2) is 6.07 Å². The van der Waals surface area contributed by atoms with Crippen LogP contribution in [0.3, 0.4) is 0 Å². The number of hydrogen-bond donors (Lipinski definition) is 0. The van der Waals surface area contributed by atoms with Crippen LogP contribution in [0.4, 0.5) is 8.78 Å². The third-order valence-electron chi connectivity index (χ3n) is 1.94. The average molecular weight is 376 g/mol. The number of alkyl halides is 3. The van der Waals surface area contributed by atoms with E-state index >= 15 is 0 Å². The first-order valence-electron chi connectivity index (χ1n) is 4.71. The zero-order chi connectivity index (χ0) is 13.0. The molecule has 0 radical (unpaired) electrons. The molecule has 0 aliphatic heterocycles. The Balaban J connectivity index is 3.26. The smallest absolute Gasteiger partial charge is 0.340 e. The summed E-state index contributed by atoms with van der Waals surface area (Å²) in [6.45, 7) is 1.79. The van der Waals surface area contributed by atoms with Crippen LogP contribution in [0, 0.1) is 3.70 Å². The van der Waals surface area contributed by atoms with Crippen LogP contribution < -0.4 is 0 Å². The van der Waals surface area contributed by atoms with Gasteiger partial charge in [0.1, 0.15) is 3.70 Å². The van der Waals surface area contributed by atoms with Gasteiger partial charge in [0.25, 0.3) is 6.43 Å². The highest BCUT2D eigenvalue weighted by atomic mass is 127. The lowest BCUT2D eigenvalue weighted by molar-refractivity contribution is 0.0524. The molecule has 1 aromatic rings. The minimum absolute atomic E-state index is 0.00225. The SMILES string of the molecule is CCOC(=O)c1cc(C(F)F)c(I)nc1CCl. The topological polar surface area (TPSA) is 39.2 Å². The summed E-state index contributed by atoms with van der Waals surface area (Å²) in [5, 5.41) is 0. The molecule has 0 spiro atoms. The first-order chi connectivity index (χ1) is 8.01. The summed E-state index contributed by atoms with van der Waals surface area (Å²) < 4.78 is 30.2. The van der Waals surface area contributed by atoms with Gasteiger partial charge in [-0.25, -0.2) is 18.6 Å². The zero-order valence-corrected chi connectivity index (χ0v) is 11.8. The largest absolute Gasteiger partial charge is 0.462 e. The first-order valence-corrected chi connectivity index (χ1v) is 6.33. The van der Waals surface area contributed by atoms with Crippen molar-refractivity contribution in [2.75, 3.05) is 6.61 Å². The Morgan fingerprint density at radius 3 is 2.76 bits per heavy atom. The Morgan fingerprint density at radius 1 is 1.65 bits per heavy atom. The molecule has 0 saturated carbocycles.